The first-order chi connectivity index (χ1) is 17.5. The lowest BCUT2D eigenvalue weighted by Crippen LogP contribution is -2.25. The highest BCUT2D eigenvalue weighted by Crippen LogP contribution is 2.50. The molecule has 5 aromatic rings. The van der Waals surface area contributed by atoms with Crippen LogP contribution in [0, 0.1) is 11.3 Å². The van der Waals surface area contributed by atoms with Crippen molar-refractivity contribution in [2.75, 3.05) is 0 Å². The molecule has 1 aliphatic rings. The lowest BCUT2D eigenvalue weighted by Gasteiger charge is -2.35. The Morgan fingerprint density at radius 3 is 2.03 bits per heavy atom. The summed E-state index contributed by atoms with van der Waals surface area (Å²) in [6, 6.07) is 36.4. The van der Waals surface area contributed by atoms with Crippen LogP contribution in [0.2, 0.25) is 0 Å². The van der Waals surface area contributed by atoms with Gasteiger partial charge in [-0.05, 0) is 36.4 Å². The van der Waals surface area contributed by atoms with Crippen LogP contribution >= 0.6 is 0 Å². The molecule has 0 amide bonds. The molecule has 2 heterocycles. The minimum Gasteiger partial charge on any atom is -0.457 e. The predicted molar refractivity (Wildman–Crippen MR) is 142 cm³/mol. The van der Waals surface area contributed by atoms with E-state index in [1.165, 1.54) is 0 Å². The molecule has 4 nitrogen and oxygen atoms in total. The van der Waals surface area contributed by atoms with E-state index in [-0.39, 0.29) is 0 Å². The number of aromatic nitrogens is 2. The van der Waals surface area contributed by atoms with Crippen LogP contribution in [0.3, 0.4) is 0 Å². The number of hydrogen-bond acceptors (Lipinski definition) is 4. The second kappa shape index (κ2) is 8.48. The number of nitriles is 1. The Bertz CT molecular complexity index is 1580. The molecule has 1 aromatic heterocycles. The van der Waals surface area contributed by atoms with Gasteiger partial charge in [0.25, 0.3) is 0 Å². The van der Waals surface area contributed by atoms with Crippen LogP contribution in [0.15, 0.2) is 103 Å². The van der Waals surface area contributed by atoms with Crippen molar-refractivity contribution in [1.29, 1.82) is 5.26 Å². The van der Waals surface area contributed by atoms with Crippen LogP contribution in [0.1, 0.15) is 30.5 Å². The molecule has 0 unspecified atom stereocenters. The molecule has 6 rings (SSSR count). The van der Waals surface area contributed by atoms with Crippen molar-refractivity contribution in [3.05, 3.63) is 120 Å². The van der Waals surface area contributed by atoms with Gasteiger partial charge in [0.1, 0.15) is 11.5 Å². The molecule has 0 radical (unpaired) electrons. The third-order valence-electron chi connectivity index (χ3n) is 6.77. The Morgan fingerprint density at radius 1 is 0.667 bits per heavy atom. The minimum absolute atomic E-state index is 0.414. The van der Waals surface area contributed by atoms with Gasteiger partial charge in [0.05, 0.1) is 23.0 Å². The summed E-state index contributed by atoms with van der Waals surface area (Å²) in [5.74, 6) is 2.21. The molecule has 0 N–H and O–H groups in total. The summed E-state index contributed by atoms with van der Waals surface area (Å²) in [6.45, 7) is 4.28. The summed E-state index contributed by atoms with van der Waals surface area (Å²) < 4.78 is 6.25. The number of hydrogen-bond donors (Lipinski definition) is 0. The van der Waals surface area contributed by atoms with Crippen molar-refractivity contribution < 1.29 is 4.74 Å². The molecule has 0 bridgehead atoms. The zero-order valence-electron chi connectivity index (χ0n) is 20.1. The van der Waals surface area contributed by atoms with Gasteiger partial charge in [0.15, 0.2) is 5.82 Å². The quantitative estimate of drug-likeness (QED) is 0.273. The van der Waals surface area contributed by atoms with E-state index < -0.39 is 5.41 Å². The number of nitrogens with zero attached hydrogens (tertiary/aromatic N) is 3. The van der Waals surface area contributed by atoms with Crippen LogP contribution in [-0.2, 0) is 5.41 Å². The summed E-state index contributed by atoms with van der Waals surface area (Å²) in [4.78, 5) is 9.87. The number of ether oxygens (including phenoxy) is 1. The average molecular weight is 466 g/mol. The lowest BCUT2D eigenvalue weighted by atomic mass is 9.73. The van der Waals surface area contributed by atoms with Gasteiger partial charge in [-0.1, -0.05) is 80.6 Å². The molecule has 36 heavy (non-hydrogen) atoms. The van der Waals surface area contributed by atoms with E-state index in [1.54, 1.807) is 0 Å². The van der Waals surface area contributed by atoms with Gasteiger partial charge in [0.2, 0.25) is 0 Å². The molecule has 0 fully saturated rings. The summed E-state index contributed by atoms with van der Waals surface area (Å²) in [5, 5.41) is 9.76. The first-order valence-electron chi connectivity index (χ1n) is 11.9. The summed E-state index contributed by atoms with van der Waals surface area (Å²) in [5.41, 5.74) is 6.83. The van der Waals surface area contributed by atoms with Crippen LogP contribution < -0.4 is 4.74 Å². The van der Waals surface area contributed by atoms with E-state index in [2.05, 4.69) is 38.1 Å². The zero-order valence-corrected chi connectivity index (χ0v) is 20.1. The van der Waals surface area contributed by atoms with Crippen LogP contribution in [0.25, 0.3) is 33.9 Å². The Balaban J connectivity index is 1.53. The van der Waals surface area contributed by atoms with Crippen molar-refractivity contribution in [2.24, 2.45) is 0 Å². The van der Waals surface area contributed by atoms with Crippen molar-refractivity contribution >= 4 is 0 Å². The normalized spacial score (nSPS) is 13.1. The SMILES string of the molecule is CC1(C)c2cc(-c3cc(-c4ccccc4)nc(-c4ccccc4)n3)ccc2Oc2cccc(C#N)c21. The molecule has 1 aliphatic heterocycles. The monoisotopic (exact) mass is 465 g/mol. The van der Waals surface area contributed by atoms with E-state index in [9.17, 15) is 5.26 Å². The summed E-state index contributed by atoms with van der Waals surface area (Å²) in [6.07, 6.45) is 0. The van der Waals surface area contributed by atoms with Gasteiger partial charge >= 0.3 is 0 Å². The Morgan fingerprint density at radius 2 is 1.33 bits per heavy atom. The molecule has 4 heteroatoms. The van der Waals surface area contributed by atoms with E-state index in [1.807, 2.05) is 84.9 Å². The van der Waals surface area contributed by atoms with Gasteiger partial charge in [-0.25, -0.2) is 9.97 Å². The minimum atomic E-state index is -0.414. The average Bonchev–Trinajstić information content (AvgIpc) is 2.93. The highest BCUT2D eigenvalue weighted by molar-refractivity contribution is 5.74. The van der Waals surface area contributed by atoms with Gasteiger partial charge in [0, 0.05) is 33.2 Å². The number of fused-ring (bicyclic) bond motifs is 2. The number of benzene rings is 4. The summed E-state index contributed by atoms with van der Waals surface area (Å²) in [7, 11) is 0. The number of rotatable bonds is 3. The molecule has 0 saturated carbocycles. The fourth-order valence-corrected chi connectivity index (χ4v) is 4.94. The van der Waals surface area contributed by atoms with E-state index in [0.717, 1.165) is 50.7 Å². The maximum Gasteiger partial charge on any atom is 0.160 e. The van der Waals surface area contributed by atoms with Gasteiger partial charge in [-0.2, -0.15) is 5.26 Å². The van der Waals surface area contributed by atoms with Crippen molar-refractivity contribution in [3.8, 4) is 51.5 Å². The standard InChI is InChI=1S/C32H23N3O/c1-32(2)25-18-23(16-17-28(25)36-29-15-9-14-24(20-33)30(29)32)27-19-26(21-10-5-3-6-11-21)34-31(35-27)22-12-7-4-8-13-22/h3-19H,1-2H3. The molecular formula is C32H23N3O. The molecule has 0 saturated heterocycles. The third kappa shape index (κ3) is 3.62. The first-order valence-corrected chi connectivity index (χ1v) is 11.9. The van der Waals surface area contributed by atoms with Crippen molar-refractivity contribution in [2.45, 2.75) is 19.3 Å². The Kier molecular flexibility index (Phi) is 5.13. The largest absolute Gasteiger partial charge is 0.457 e. The fourth-order valence-electron chi connectivity index (χ4n) is 4.94. The summed E-state index contributed by atoms with van der Waals surface area (Å²) >= 11 is 0. The van der Waals surface area contributed by atoms with E-state index >= 15 is 0 Å². The molecular weight excluding hydrogens is 442 g/mol. The topological polar surface area (TPSA) is 58.8 Å². The maximum atomic E-state index is 9.76. The Labute approximate surface area is 210 Å². The van der Waals surface area contributed by atoms with Crippen LogP contribution in [-0.4, -0.2) is 9.97 Å². The molecule has 0 aliphatic carbocycles. The highest BCUT2D eigenvalue weighted by atomic mass is 16.5. The highest BCUT2D eigenvalue weighted by Gasteiger charge is 2.36. The van der Waals surface area contributed by atoms with Gasteiger partial charge in [-0.15, -0.1) is 0 Å². The maximum absolute atomic E-state index is 9.76. The molecule has 0 atom stereocenters. The molecule has 172 valence electrons. The molecule has 4 aromatic carbocycles. The zero-order chi connectivity index (χ0) is 24.7. The van der Waals surface area contributed by atoms with E-state index in [0.29, 0.717) is 11.4 Å². The fraction of sp³-hybridized carbons (Fsp3) is 0.0938. The first kappa shape index (κ1) is 21.8. The smallest absolute Gasteiger partial charge is 0.160 e. The second-order valence-electron chi connectivity index (χ2n) is 9.42. The molecule has 0 spiro atoms. The third-order valence-corrected chi connectivity index (χ3v) is 6.77. The Hall–Kier alpha value is -4.75. The van der Waals surface area contributed by atoms with Crippen molar-refractivity contribution in [3.63, 3.8) is 0 Å². The van der Waals surface area contributed by atoms with Crippen LogP contribution in [0.4, 0.5) is 0 Å². The van der Waals surface area contributed by atoms with Gasteiger partial charge in [-0.3, -0.25) is 0 Å². The van der Waals surface area contributed by atoms with E-state index in [4.69, 9.17) is 14.7 Å². The lowest BCUT2D eigenvalue weighted by molar-refractivity contribution is 0.417. The van der Waals surface area contributed by atoms with Crippen LogP contribution in [0.5, 0.6) is 11.5 Å². The predicted octanol–water partition coefficient (Wildman–Crippen LogP) is 7.78. The van der Waals surface area contributed by atoms with Crippen molar-refractivity contribution in [1.82, 2.24) is 9.97 Å². The van der Waals surface area contributed by atoms with Gasteiger partial charge < -0.3 is 4.74 Å². The second-order valence-corrected chi connectivity index (χ2v) is 9.42.